The molecule has 3 aromatic carbocycles. The number of fused-ring (bicyclic) bond motifs is 3. The molecule has 2 N–H and O–H groups in total. The van der Waals surface area contributed by atoms with Gasteiger partial charge in [-0.1, -0.05) is 47.1 Å². The molecule has 1 aliphatic rings. The first kappa shape index (κ1) is 28.1. The number of nitrogens with zero attached hydrogens (tertiary/aromatic N) is 2. The summed E-state index contributed by atoms with van der Waals surface area (Å²) in [6.07, 6.45) is 0.261. The van der Waals surface area contributed by atoms with Gasteiger partial charge < -0.3 is 19.6 Å². The third-order valence-electron chi connectivity index (χ3n) is 7.57. The Labute approximate surface area is 246 Å². The van der Waals surface area contributed by atoms with Crippen LogP contribution in [-0.4, -0.2) is 36.6 Å². The van der Waals surface area contributed by atoms with Gasteiger partial charge in [0, 0.05) is 34.1 Å². The summed E-state index contributed by atoms with van der Waals surface area (Å²) in [7, 11) is -3.30. The molecule has 0 saturated carbocycles. The fourth-order valence-electron chi connectivity index (χ4n) is 5.45. The van der Waals surface area contributed by atoms with Crippen LogP contribution in [0.2, 0.25) is 5.02 Å². The molecule has 1 aliphatic carbocycles. The Balaban J connectivity index is 1.27. The lowest BCUT2D eigenvalue weighted by atomic mass is 9.98. The van der Waals surface area contributed by atoms with Gasteiger partial charge in [-0.3, -0.25) is 0 Å². The monoisotopic (exact) mass is 608 g/mol. The number of halogens is 2. The Hall–Kier alpha value is -4.06. The Bertz CT molecular complexity index is 1880. The van der Waals surface area contributed by atoms with Crippen molar-refractivity contribution in [2.24, 2.45) is 5.92 Å². The van der Waals surface area contributed by atoms with Gasteiger partial charge in [0.05, 0.1) is 24.1 Å². The largest absolute Gasteiger partial charge is 0.465 e. The molecule has 0 spiro atoms. The van der Waals surface area contributed by atoms with Crippen LogP contribution in [0, 0.1) is 5.92 Å². The molecule has 2 atom stereocenters. The highest BCUT2D eigenvalue weighted by atomic mass is 35.5. The van der Waals surface area contributed by atoms with Crippen molar-refractivity contribution < 1.29 is 26.9 Å². The van der Waals surface area contributed by atoms with Gasteiger partial charge in [0.2, 0.25) is 9.84 Å². The summed E-state index contributed by atoms with van der Waals surface area (Å²) in [5.74, 6) is -1.96. The second-order valence-electron chi connectivity index (χ2n) is 10.1. The smallest absolute Gasteiger partial charge is 0.337 e. The molecule has 42 heavy (non-hydrogen) atoms. The van der Waals surface area contributed by atoms with Gasteiger partial charge in [-0.25, -0.2) is 17.6 Å². The van der Waals surface area contributed by atoms with Crippen molar-refractivity contribution in [1.82, 2.24) is 20.4 Å². The van der Waals surface area contributed by atoms with E-state index in [2.05, 4.69) is 20.4 Å². The van der Waals surface area contributed by atoms with E-state index >= 15 is 4.39 Å². The van der Waals surface area contributed by atoms with E-state index in [9.17, 15) is 13.2 Å². The van der Waals surface area contributed by atoms with Crippen LogP contribution in [0.3, 0.4) is 0 Å². The number of nitrogens with one attached hydrogen (secondary N) is 2. The SMILES string of the molecule is COC(=O)c1ccc(CNCc2noc(C(F)(C3Cc4[nH]c5ccc(Cl)cc5c4C3)S(=O)(=O)c3ccccc3)n2)cc1. The highest BCUT2D eigenvalue weighted by molar-refractivity contribution is 7.92. The van der Waals surface area contributed by atoms with E-state index in [0.717, 1.165) is 27.7 Å². The summed E-state index contributed by atoms with van der Waals surface area (Å²) < 4.78 is 55.4. The summed E-state index contributed by atoms with van der Waals surface area (Å²) in [6, 6.07) is 19.7. The first-order chi connectivity index (χ1) is 20.2. The van der Waals surface area contributed by atoms with Crippen LogP contribution in [-0.2, 0) is 45.5 Å². The zero-order chi connectivity index (χ0) is 29.5. The lowest BCUT2D eigenvalue weighted by molar-refractivity contribution is 0.0600. The number of aromatic nitrogens is 3. The summed E-state index contributed by atoms with van der Waals surface area (Å²) in [5, 5.41) is 5.40. The zero-order valence-electron chi connectivity index (χ0n) is 22.4. The number of ether oxygens (including phenoxy) is 1. The van der Waals surface area contributed by atoms with E-state index in [0.29, 0.717) is 17.1 Å². The van der Waals surface area contributed by atoms with Gasteiger partial charge >= 0.3 is 5.97 Å². The summed E-state index contributed by atoms with van der Waals surface area (Å²) >= 11 is 6.22. The van der Waals surface area contributed by atoms with Crippen molar-refractivity contribution in [3.63, 3.8) is 0 Å². The number of aromatic amines is 1. The topological polar surface area (TPSA) is 127 Å². The predicted octanol–water partition coefficient (Wildman–Crippen LogP) is 5.29. The van der Waals surface area contributed by atoms with Crippen molar-refractivity contribution in [3.05, 3.63) is 112 Å². The maximum atomic E-state index is 17.5. The fraction of sp³-hybridized carbons (Fsp3) is 0.233. The lowest BCUT2D eigenvalue weighted by Crippen LogP contribution is -2.40. The van der Waals surface area contributed by atoms with Crippen molar-refractivity contribution in [3.8, 4) is 0 Å². The second-order valence-corrected chi connectivity index (χ2v) is 12.7. The second kappa shape index (κ2) is 11.0. The van der Waals surface area contributed by atoms with Gasteiger partial charge in [-0.2, -0.15) is 4.98 Å². The molecule has 9 nitrogen and oxygen atoms in total. The molecule has 0 bridgehead atoms. The number of carbonyl (C=O) groups is 1. The molecule has 0 amide bonds. The van der Waals surface area contributed by atoms with Crippen LogP contribution in [0.5, 0.6) is 0 Å². The van der Waals surface area contributed by atoms with Crippen LogP contribution in [0.15, 0.2) is 82.2 Å². The Morgan fingerprint density at radius 3 is 2.62 bits per heavy atom. The molecule has 0 aliphatic heterocycles. The molecular formula is C30H26ClFN4O5S. The standard InChI is InChI=1S/C30H26ClFN4O5S/c1-40-28(37)19-9-7-18(8-10-19)16-33-17-27-35-29(41-36-27)30(32,42(38,39)22-5-3-2-4-6-22)20-13-23-24-15-21(31)11-12-25(24)34-26(23)14-20/h2-12,15,20,33-34H,13-14,16-17H2,1H3. The number of esters is 1. The molecular weight excluding hydrogens is 583 g/mol. The van der Waals surface area contributed by atoms with E-state index in [-0.39, 0.29) is 30.1 Å². The summed E-state index contributed by atoms with van der Waals surface area (Å²) in [5.41, 5.74) is 3.73. The van der Waals surface area contributed by atoms with E-state index < -0.39 is 32.6 Å². The average molecular weight is 609 g/mol. The maximum absolute atomic E-state index is 17.5. The number of benzene rings is 3. The van der Waals surface area contributed by atoms with Crippen LogP contribution in [0.4, 0.5) is 4.39 Å². The van der Waals surface area contributed by atoms with Crippen molar-refractivity contribution in [2.45, 2.75) is 35.8 Å². The first-order valence-corrected chi connectivity index (χ1v) is 15.1. The van der Waals surface area contributed by atoms with E-state index in [1.165, 1.54) is 19.2 Å². The highest BCUT2D eigenvalue weighted by Crippen LogP contribution is 2.49. The number of methoxy groups -OCH3 is 1. The number of sulfone groups is 1. The third-order valence-corrected chi connectivity index (χ3v) is 9.99. The number of carbonyl (C=O) groups excluding carboxylic acids is 1. The van der Waals surface area contributed by atoms with Gasteiger partial charge in [0.25, 0.3) is 10.9 Å². The number of rotatable bonds is 9. The molecule has 12 heteroatoms. The third kappa shape index (κ3) is 4.87. The van der Waals surface area contributed by atoms with E-state index in [4.69, 9.17) is 20.9 Å². The van der Waals surface area contributed by atoms with Crippen LogP contribution >= 0.6 is 11.6 Å². The Kier molecular flexibility index (Phi) is 7.34. The van der Waals surface area contributed by atoms with Crippen molar-refractivity contribution in [2.75, 3.05) is 7.11 Å². The minimum Gasteiger partial charge on any atom is -0.465 e. The molecule has 2 unspecified atom stereocenters. The van der Waals surface area contributed by atoms with E-state index in [1.807, 2.05) is 6.07 Å². The fourth-order valence-corrected chi connectivity index (χ4v) is 7.40. The number of alkyl halides is 1. The number of hydrogen-bond acceptors (Lipinski definition) is 8. The van der Waals surface area contributed by atoms with Gasteiger partial charge in [0.15, 0.2) is 5.82 Å². The lowest BCUT2D eigenvalue weighted by Gasteiger charge is -2.27. The molecule has 0 fully saturated rings. The minimum atomic E-state index is -4.62. The van der Waals surface area contributed by atoms with Gasteiger partial charge in [-0.15, -0.1) is 0 Å². The number of hydrogen-bond donors (Lipinski definition) is 2. The van der Waals surface area contributed by atoms with Gasteiger partial charge in [0.1, 0.15) is 0 Å². The van der Waals surface area contributed by atoms with Crippen molar-refractivity contribution >= 4 is 38.3 Å². The quantitative estimate of drug-likeness (QED) is 0.216. The molecule has 0 saturated heterocycles. The van der Waals surface area contributed by atoms with Crippen LogP contribution in [0.25, 0.3) is 10.9 Å². The molecule has 5 aromatic rings. The summed E-state index contributed by atoms with van der Waals surface area (Å²) in [6.45, 7) is 0.484. The molecule has 2 aromatic heterocycles. The highest BCUT2D eigenvalue weighted by Gasteiger charge is 2.59. The Morgan fingerprint density at radius 1 is 1.12 bits per heavy atom. The van der Waals surface area contributed by atoms with Crippen LogP contribution < -0.4 is 5.32 Å². The maximum Gasteiger partial charge on any atom is 0.337 e. The minimum absolute atomic E-state index is 0.0938. The summed E-state index contributed by atoms with van der Waals surface area (Å²) in [4.78, 5) is 19.0. The number of H-pyrrole nitrogens is 1. The zero-order valence-corrected chi connectivity index (χ0v) is 24.0. The predicted molar refractivity (Wildman–Crippen MR) is 153 cm³/mol. The normalized spacial score (nSPS) is 16.3. The first-order valence-electron chi connectivity index (χ1n) is 13.2. The Morgan fingerprint density at radius 2 is 1.88 bits per heavy atom. The van der Waals surface area contributed by atoms with Gasteiger partial charge in [-0.05, 0) is 66.4 Å². The average Bonchev–Trinajstić information content (AvgIpc) is 3.73. The van der Waals surface area contributed by atoms with Crippen molar-refractivity contribution in [1.29, 1.82) is 0 Å². The molecule has 0 radical (unpaired) electrons. The molecule has 6 rings (SSSR count). The molecule has 216 valence electrons. The van der Waals surface area contributed by atoms with Crippen LogP contribution in [0.1, 0.15) is 38.9 Å². The van der Waals surface area contributed by atoms with E-state index in [1.54, 1.807) is 54.6 Å². The molecule has 2 heterocycles.